The molecule has 0 saturated carbocycles. The van der Waals surface area contributed by atoms with Crippen LogP contribution in [0.25, 0.3) is 0 Å². The van der Waals surface area contributed by atoms with Crippen LogP contribution in [0.2, 0.25) is 0 Å². The number of ketones is 2. The number of carbonyl (C=O) groups is 2. The van der Waals surface area contributed by atoms with Crippen molar-refractivity contribution in [1.29, 1.82) is 0 Å². The van der Waals surface area contributed by atoms with Crippen LogP contribution in [-0.4, -0.2) is 29.8 Å². The zero-order chi connectivity index (χ0) is 28.2. The van der Waals surface area contributed by atoms with Crippen molar-refractivity contribution in [2.24, 2.45) is 0 Å². The highest BCUT2D eigenvalue weighted by Gasteiger charge is 2.19. The van der Waals surface area contributed by atoms with Crippen molar-refractivity contribution in [2.45, 2.75) is 22.6 Å². The molecule has 0 atom stereocenters. The number of hydrogen-bond acceptors (Lipinski definition) is 8. The molecule has 10 nitrogen and oxygen atoms in total. The fourth-order valence-corrected chi connectivity index (χ4v) is 5.08. The summed E-state index contributed by atoms with van der Waals surface area (Å²) in [5.41, 5.74) is 1.54. The summed E-state index contributed by atoms with van der Waals surface area (Å²) >= 11 is 0. The summed E-state index contributed by atoms with van der Waals surface area (Å²) in [6, 6.07) is 22.3. The van der Waals surface area contributed by atoms with Gasteiger partial charge in [-0.15, -0.1) is 0 Å². The summed E-state index contributed by atoms with van der Waals surface area (Å²) in [4.78, 5) is 45.5. The van der Waals surface area contributed by atoms with Crippen molar-refractivity contribution in [2.75, 3.05) is 0 Å². The Morgan fingerprint density at radius 1 is 0.538 bits per heavy atom. The predicted octanol–water partition coefficient (Wildman–Crippen LogP) is 5.19. The first-order valence-electron chi connectivity index (χ1n) is 11.5. The summed E-state index contributed by atoms with van der Waals surface area (Å²) < 4.78 is 26.1. The van der Waals surface area contributed by atoms with Gasteiger partial charge in [-0.05, 0) is 59.7 Å². The predicted molar refractivity (Wildman–Crippen MR) is 141 cm³/mol. The Kier molecular flexibility index (Phi) is 7.73. The smallest absolute Gasteiger partial charge is 0.269 e. The van der Waals surface area contributed by atoms with Gasteiger partial charge < -0.3 is 0 Å². The Labute approximate surface area is 222 Å². The van der Waals surface area contributed by atoms with Crippen LogP contribution in [0.1, 0.15) is 31.8 Å². The van der Waals surface area contributed by atoms with E-state index in [0.717, 1.165) is 0 Å². The number of benzene rings is 4. The Bertz CT molecular complexity index is 1540. The molecule has 4 aromatic carbocycles. The lowest BCUT2D eigenvalue weighted by Gasteiger charge is -2.08. The second-order valence-corrected chi connectivity index (χ2v) is 10.5. The van der Waals surface area contributed by atoms with E-state index in [4.69, 9.17) is 0 Å². The van der Waals surface area contributed by atoms with E-state index in [1.807, 2.05) is 0 Å². The van der Waals surface area contributed by atoms with Crippen molar-refractivity contribution in [3.8, 4) is 0 Å². The van der Waals surface area contributed by atoms with E-state index < -0.39 is 19.7 Å². The standard InChI is InChI=1S/C28H20N2O8S/c31-27(21-5-9-23(10-6-21)29(33)34)17-19-1-13-25(14-2-19)39(37,38)26-15-3-20(4-16-26)18-28(32)22-7-11-24(12-8-22)30(35)36/h1-16H,17-18H2. The summed E-state index contributed by atoms with van der Waals surface area (Å²) in [5, 5.41) is 21.5. The summed E-state index contributed by atoms with van der Waals surface area (Å²) in [6.45, 7) is 0. The maximum absolute atomic E-state index is 13.1. The second kappa shape index (κ2) is 11.2. The maximum atomic E-state index is 13.1. The van der Waals surface area contributed by atoms with Crippen molar-refractivity contribution in [1.82, 2.24) is 0 Å². The molecule has 0 spiro atoms. The molecule has 11 heteroatoms. The molecule has 0 aliphatic carbocycles. The van der Waals surface area contributed by atoms with Gasteiger partial charge in [-0.3, -0.25) is 29.8 Å². The van der Waals surface area contributed by atoms with Gasteiger partial charge >= 0.3 is 0 Å². The van der Waals surface area contributed by atoms with Crippen molar-refractivity contribution in [3.63, 3.8) is 0 Å². The van der Waals surface area contributed by atoms with Crippen LogP contribution in [0.15, 0.2) is 107 Å². The summed E-state index contributed by atoms with van der Waals surface area (Å²) in [6.07, 6.45) is -0.00868. The Balaban J connectivity index is 1.41. The van der Waals surface area contributed by atoms with Crippen LogP contribution >= 0.6 is 0 Å². The highest BCUT2D eigenvalue weighted by molar-refractivity contribution is 7.91. The molecule has 0 heterocycles. The number of nitrogens with zero attached hydrogens (tertiary/aromatic N) is 2. The van der Waals surface area contributed by atoms with Crippen LogP contribution < -0.4 is 0 Å². The molecule has 0 unspecified atom stereocenters. The molecule has 0 fully saturated rings. The monoisotopic (exact) mass is 544 g/mol. The lowest BCUT2D eigenvalue weighted by atomic mass is 10.0. The molecule has 0 aliphatic heterocycles. The number of non-ortho nitro benzene ring substituents is 2. The van der Waals surface area contributed by atoms with Gasteiger partial charge in [0.25, 0.3) is 11.4 Å². The highest BCUT2D eigenvalue weighted by atomic mass is 32.2. The average Bonchev–Trinajstić information content (AvgIpc) is 2.93. The SMILES string of the molecule is O=C(Cc1ccc(S(=O)(=O)c2ccc(CC(=O)c3ccc([N+](=O)[O-])cc3)cc2)cc1)c1ccc([N+](=O)[O-])cc1. The molecule has 196 valence electrons. The van der Waals surface area contributed by atoms with Gasteiger partial charge in [0.05, 0.1) is 19.6 Å². The number of nitro benzene ring substituents is 2. The van der Waals surface area contributed by atoms with Crippen molar-refractivity contribution >= 4 is 32.8 Å². The first-order valence-corrected chi connectivity index (χ1v) is 13.0. The molecule has 0 aliphatic rings. The van der Waals surface area contributed by atoms with Gasteiger partial charge in [0.15, 0.2) is 11.6 Å². The van der Waals surface area contributed by atoms with Gasteiger partial charge in [-0.25, -0.2) is 8.42 Å². The van der Waals surface area contributed by atoms with E-state index in [2.05, 4.69) is 0 Å². The zero-order valence-electron chi connectivity index (χ0n) is 20.2. The third-order valence-corrected chi connectivity index (χ3v) is 7.78. The van der Waals surface area contributed by atoms with Gasteiger partial charge in [0.2, 0.25) is 9.84 Å². The molecule has 0 aromatic heterocycles. The average molecular weight is 545 g/mol. The van der Waals surface area contributed by atoms with Crippen molar-refractivity contribution < 1.29 is 27.9 Å². The fraction of sp³-hybridized carbons (Fsp3) is 0.0714. The van der Waals surface area contributed by atoms with Gasteiger partial charge in [0, 0.05) is 48.2 Å². The Morgan fingerprint density at radius 3 is 1.13 bits per heavy atom. The molecule has 4 aromatic rings. The van der Waals surface area contributed by atoms with E-state index in [9.17, 15) is 38.2 Å². The number of hydrogen-bond donors (Lipinski definition) is 0. The molecule has 0 amide bonds. The van der Waals surface area contributed by atoms with Gasteiger partial charge in [0.1, 0.15) is 0 Å². The number of Topliss-reactive ketones (excluding diaryl/α,β-unsaturated/α-hetero) is 2. The van der Waals surface area contributed by atoms with Gasteiger partial charge in [-0.2, -0.15) is 0 Å². The van der Waals surface area contributed by atoms with Crippen molar-refractivity contribution in [3.05, 3.63) is 140 Å². The third kappa shape index (κ3) is 6.28. The molecule has 0 saturated heterocycles. The number of rotatable bonds is 10. The first kappa shape index (κ1) is 27.0. The highest BCUT2D eigenvalue weighted by Crippen LogP contribution is 2.23. The quantitative estimate of drug-likeness (QED) is 0.150. The van der Waals surface area contributed by atoms with Gasteiger partial charge in [-0.1, -0.05) is 24.3 Å². The normalized spacial score (nSPS) is 11.1. The van der Waals surface area contributed by atoms with Crippen LogP contribution in [0.4, 0.5) is 11.4 Å². The van der Waals surface area contributed by atoms with E-state index in [1.54, 1.807) is 0 Å². The molecule has 0 N–H and O–H groups in total. The van der Waals surface area contributed by atoms with E-state index in [0.29, 0.717) is 22.3 Å². The number of carbonyl (C=O) groups excluding carboxylic acids is 2. The maximum Gasteiger partial charge on any atom is 0.269 e. The van der Waals surface area contributed by atoms with E-state index >= 15 is 0 Å². The van der Waals surface area contributed by atoms with Crippen LogP contribution in [-0.2, 0) is 22.7 Å². The molecular weight excluding hydrogens is 524 g/mol. The third-order valence-electron chi connectivity index (χ3n) is 6.00. The summed E-state index contributed by atoms with van der Waals surface area (Å²) in [7, 11) is -3.86. The topological polar surface area (TPSA) is 155 Å². The number of sulfone groups is 1. The first-order chi connectivity index (χ1) is 18.5. The minimum Gasteiger partial charge on any atom is -0.294 e. The molecular formula is C28H20N2O8S. The van der Waals surface area contributed by atoms with E-state index in [-0.39, 0.29) is 45.6 Å². The van der Waals surface area contributed by atoms with Crippen LogP contribution in [0.5, 0.6) is 0 Å². The van der Waals surface area contributed by atoms with Crippen LogP contribution in [0.3, 0.4) is 0 Å². The summed E-state index contributed by atoms with van der Waals surface area (Å²) in [5.74, 6) is -0.529. The second-order valence-electron chi connectivity index (χ2n) is 8.60. The largest absolute Gasteiger partial charge is 0.294 e. The molecule has 4 rings (SSSR count). The zero-order valence-corrected chi connectivity index (χ0v) is 21.0. The fourth-order valence-electron chi connectivity index (χ4n) is 3.82. The molecule has 39 heavy (non-hydrogen) atoms. The Hall–Kier alpha value is -5.03. The minimum absolute atomic E-state index is 0.00434. The molecule has 0 bridgehead atoms. The number of nitro groups is 2. The lowest BCUT2D eigenvalue weighted by Crippen LogP contribution is -2.06. The minimum atomic E-state index is -3.86. The van der Waals surface area contributed by atoms with Crippen LogP contribution in [0, 0.1) is 20.2 Å². The van der Waals surface area contributed by atoms with E-state index in [1.165, 1.54) is 97.1 Å². The molecule has 0 radical (unpaired) electrons. The Morgan fingerprint density at radius 2 is 0.846 bits per heavy atom. The lowest BCUT2D eigenvalue weighted by molar-refractivity contribution is -0.385.